The standard InChI is InChI=1S/C14H22NOP/c1-5-15(6-2)17(16)10-12(4)13-9-11(3)7-8-14(13)17/h7-10,13-14H,5-6H2,1-4H3/t13-,14-,17+/m1/s1. The molecule has 0 radical (unpaired) electrons. The molecule has 0 saturated carbocycles. The Balaban J connectivity index is 2.40. The second-order valence-corrected chi connectivity index (χ2v) is 7.74. The third kappa shape index (κ3) is 1.98. The maximum absolute atomic E-state index is 13.2. The van der Waals surface area contributed by atoms with Gasteiger partial charge in [-0.1, -0.05) is 43.2 Å². The fourth-order valence-electron chi connectivity index (χ4n) is 2.96. The number of hydrogen-bond donors (Lipinski definition) is 0. The Labute approximate surface area is 105 Å². The van der Waals surface area contributed by atoms with Gasteiger partial charge < -0.3 is 4.57 Å². The van der Waals surface area contributed by atoms with E-state index in [0.29, 0.717) is 5.92 Å². The van der Waals surface area contributed by atoms with Crippen molar-refractivity contribution in [1.82, 2.24) is 4.67 Å². The van der Waals surface area contributed by atoms with Crippen LogP contribution in [0.15, 0.2) is 35.2 Å². The van der Waals surface area contributed by atoms with E-state index in [-0.39, 0.29) is 5.66 Å². The van der Waals surface area contributed by atoms with Crippen molar-refractivity contribution in [3.05, 3.63) is 35.2 Å². The second kappa shape index (κ2) is 4.59. The zero-order chi connectivity index (χ0) is 12.6. The van der Waals surface area contributed by atoms with E-state index >= 15 is 0 Å². The minimum absolute atomic E-state index is 0.172. The van der Waals surface area contributed by atoms with Crippen molar-refractivity contribution in [2.24, 2.45) is 5.92 Å². The number of hydrogen-bond acceptors (Lipinski definition) is 1. The Morgan fingerprint density at radius 2 is 1.94 bits per heavy atom. The maximum atomic E-state index is 13.2. The average molecular weight is 251 g/mol. The van der Waals surface area contributed by atoms with E-state index in [4.69, 9.17) is 0 Å². The summed E-state index contributed by atoms with van der Waals surface area (Å²) >= 11 is 0. The summed E-state index contributed by atoms with van der Waals surface area (Å²) in [5.41, 5.74) is 2.73. The molecule has 1 aliphatic heterocycles. The lowest BCUT2D eigenvalue weighted by Crippen LogP contribution is -2.26. The molecule has 2 aliphatic rings. The molecule has 0 bridgehead atoms. The van der Waals surface area contributed by atoms with E-state index in [0.717, 1.165) is 13.1 Å². The number of fused-ring (bicyclic) bond motifs is 1. The van der Waals surface area contributed by atoms with Crippen LogP contribution in [0.3, 0.4) is 0 Å². The average Bonchev–Trinajstić information content (AvgIpc) is 2.53. The quantitative estimate of drug-likeness (QED) is 0.706. The Kier molecular flexibility index (Phi) is 3.47. The van der Waals surface area contributed by atoms with Gasteiger partial charge in [0.2, 0.25) is 0 Å². The van der Waals surface area contributed by atoms with Gasteiger partial charge in [-0.2, -0.15) is 0 Å². The fraction of sp³-hybridized carbons (Fsp3) is 0.571. The second-order valence-electron chi connectivity index (χ2n) is 4.97. The summed E-state index contributed by atoms with van der Waals surface area (Å²) in [6.45, 7) is 10.1. The van der Waals surface area contributed by atoms with Crippen molar-refractivity contribution in [1.29, 1.82) is 0 Å². The van der Waals surface area contributed by atoms with Crippen LogP contribution in [0.1, 0.15) is 27.7 Å². The minimum Gasteiger partial charge on any atom is -0.301 e. The van der Waals surface area contributed by atoms with Gasteiger partial charge in [-0.25, -0.2) is 0 Å². The maximum Gasteiger partial charge on any atom is 0.179 e. The van der Waals surface area contributed by atoms with Crippen LogP contribution in [0.4, 0.5) is 0 Å². The summed E-state index contributed by atoms with van der Waals surface area (Å²) < 4.78 is 15.4. The van der Waals surface area contributed by atoms with Crippen LogP contribution >= 0.6 is 7.29 Å². The molecule has 2 nitrogen and oxygen atoms in total. The highest BCUT2D eigenvalue weighted by atomic mass is 31.2. The van der Waals surface area contributed by atoms with Gasteiger partial charge in [0.25, 0.3) is 0 Å². The largest absolute Gasteiger partial charge is 0.301 e. The highest BCUT2D eigenvalue weighted by molar-refractivity contribution is 7.66. The van der Waals surface area contributed by atoms with E-state index < -0.39 is 7.29 Å². The smallest absolute Gasteiger partial charge is 0.179 e. The lowest BCUT2D eigenvalue weighted by atomic mass is 9.91. The molecular formula is C14H22NOP. The summed E-state index contributed by atoms with van der Waals surface area (Å²) in [5.74, 6) is 2.40. The Hall–Kier alpha value is -0.590. The predicted octanol–water partition coefficient (Wildman–Crippen LogP) is 4.02. The molecule has 0 fully saturated rings. The summed E-state index contributed by atoms with van der Waals surface area (Å²) in [4.78, 5) is 0. The topological polar surface area (TPSA) is 20.3 Å². The SMILES string of the molecule is CCN(CC)[P@]1(=O)C=C(C)[C@H]2C=C(C)C=C[C@H]21. The van der Waals surface area contributed by atoms with Crippen LogP contribution in [0.5, 0.6) is 0 Å². The molecule has 17 heavy (non-hydrogen) atoms. The summed E-state index contributed by atoms with van der Waals surface area (Å²) in [6, 6.07) is 0. The van der Waals surface area contributed by atoms with Crippen molar-refractivity contribution >= 4 is 7.29 Å². The van der Waals surface area contributed by atoms with Gasteiger partial charge >= 0.3 is 0 Å². The van der Waals surface area contributed by atoms with Gasteiger partial charge in [0.15, 0.2) is 7.29 Å². The normalized spacial score (nSPS) is 35.8. The van der Waals surface area contributed by atoms with Crippen molar-refractivity contribution < 1.29 is 4.57 Å². The first-order chi connectivity index (χ1) is 8.02. The zero-order valence-electron chi connectivity index (χ0n) is 11.2. The molecule has 0 N–H and O–H groups in total. The van der Waals surface area contributed by atoms with Crippen LogP contribution in [0.2, 0.25) is 0 Å². The Bertz CT molecular complexity index is 443. The number of allylic oxidation sites excluding steroid dienone is 5. The lowest BCUT2D eigenvalue weighted by molar-refractivity contribution is 0.443. The van der Waals surface area contributed by atoms with Gasteiger partial charge in [0.05, 0.1) is 5.66 Å². The van der Waals surface area contributed by atoms with E-state index in [1.165, 1.54) is 11.1 Å². The molecule has 1 aliphatic carbocycles. The molecule has 2 rings (SSSR count). The van der Waals surface area contributed by atoms with Crippen LogP contribution in [0, 0.1) is 5.92 Å². The molecule has 1 heterocycles. The van der Waals surface area contributed by atoms with Crippen LogP contribution in [0.25, 0.3) is 0 Å². The van der Waals surface area contributed by atoms with Crippen molar-refractivity contribution in [3.63, 3.8) is 0 Å². The predicted molar refractivity (Wildman–Crippen MR) is 74.5 cm³/mol. The summed E-state index contributed by atoms with van der Waals surface area (Å²) in [5, 5.41) is 0. The molecule has 94 valence electrons. The van der Waals surface area contributed by atoms with Gasteiger partial charge in [-0.15, -0.1) is 0 Å². The molecule has 3 atom stereocenters. The Morgan fingerprint density at radius 3 is 2.53 bits per heavy atom. The van der Waals surface area contributed by atoms with E-state index in [1.54, 1.807) is 0 Å². The van der Waals surface area contributed by atoms with Crippen LogP contribution in [-0.4, -0.2) is 23.4 Å². The van der Waals surface area contributed by atoms with Gasteiger partial charge in [-0.05, 0) is 19.7 Å². The molecule has 0 spiro atoms. The molecule has 0 aromatic heterocycles. The van der Waals surface area contributed by atoms with Gasteiger partial charge in [-0.3, -0.25) is 4.67 Å². The highest BCUT2D eigenvalue weighted by Crippen LogP contribution is 2.65. The van der Waals surface area contributed by atoms with E-state index in [9.17, 15) is 4.57 Å². The first kappa shape index (κ1) is 12.9. The van der Waals surface area contributed by atoms with E-state index in [1.807, 2.05) is 0 Å². The van der Waals surface area contributed by atoms with Crippen molar-refractivity contribution in [2.45, 2.75) is 33.4 Å². The zero-order valence-corrected chi connectivity index (χ0v) is 12.1. The highest BCUT2D eigenvalue weighted by Gasteiger charge is 2.44. The lowest BCUT2D eigenvalue weighted by Gasteiger charge is -2.32. The van der Waals surface area contributed by atoms with Crippen molar-refractivity contribution in [2.75, 3.05) is 13.1 Å². The minimum atomic E-state index is -2.35. The van der Waals surface area contributed by atoms with Gasteiger partial charge in [0.1, 0.15) is 0 Å². The third-order valence-corrected chi connectivity index (χ3v) is 7.46. The van der Waals surface area contributed by atoms with Crippen molar-refractivity contribution in [3.8, 4) is 0 Å². The first-order valence-electron chi connectivity index (χ1n) is 6.43. The molecule has 0 aromatic rings. The van der Waals surface area contributed by atoms with Crippen LogP contribution < -0.4 is 0 Å². The monoisotopic (exact) mass is 251 g/mol. The molecule has 0 amide bonds. The fourth-order valence-corrected chi connectivity index (χ4v) is 6.43. The molecule has 0 saturated heterocycles. The molecular weight excluding hydrogens is 229 g/mol. The third-order valence-electron chi connectivity index (χ3n) is 3.88. The van der Waals surface area contributed by atoms with E-state index in [2.05, 4.69) is 56.4 Å². The molecule has 3 heteroatoms. The molecule has 0 aromatic carbocycles. The molecule has 0 unspecified atom stereocenters. The summed E-state index contributed by atoms with van der Waals surface area (Å²) in [6.07, 6.45) is 6.54. The number of nitrogens with zero attached hydrogens (tertiary/aromatic N) is 1. The van der Waals surface area contributed by atoms with Gasteiger partial charge in [0, 0.05) is 19.0 Å². The Morgan fingerprint density at radius 1 is 1.29 bits per heavy atom. The summed E-state index contributed by atoms with van der Waals surface area (Å²) in [7, 11) is -2.35. The van der Waals surface area contributed by atoms with Crippen LogP contribution in [-0.2, 0) is 4.57 Å². The number of rotatable bonds is 3. The first-order valence-corrected chi connectivity index (χ1v) is 8.23.